The summed E-state index contributed by atoms with van der Waals surface area (Å²) in [6.45, 7) is 1.87. The first-order chi connectivity index (χ1) is 9.08. The van der Waals surface area contributed by atoms with Crippen LogP contribution in [-0.4, -0.2) is 14.9 Å². The Morgan fingerprint density at radius 3 is 2.84 bits per heavy atom. The second-order valence-electron chi connectivity index (χ2n) is 3.90. The van der Waals surface area contributed by atoms with E-state index in [1.165, 1.54) is 12.3 Å². The number of nitrogens with one attached hydrogen (secondary N) is 1. The molecule has 0 bridgehead atoms. The quantitative estimate of drug-likeness (QED) is 0.689. The molecule has 0 radical (unpaired) electrons. The lowest BCUT2D eigenvalue weighted by atomic mass is 10.2. The minimum absolute atomic E-state index is 0.0721. The van der Waals surface area contributed by atoms with Gasteiger partial charge < -0.3 is 5.32 Å². The Labute approximate surface area is 118 Å². The number of pyridine rings is 2. The molecule has 0 amide bonds. The van der Waals surface area contributed by atoms with Gasteiger partial charge in [-0.3, -0.25) is 15.1 Å². The number of nitro groups is 1. The van der Waals surface area contributed by atoms with Crippen LogP contribution in [0.4, 0.5) is 11.5 Å². The number of rotatable bonds is 4. The van der Waals surface area contributed by atoms with Crippen molar-refractivity contribution in [2.75, 3.05) is 5.32 Å². The lowest BCUT2D eigenvalue weighted by molar-refractivity contribution is -0.384. The first-order valence-corrected chi connectivity index (χ1v) is 6.34. The number of aromatic nitrogens is 2. The summed E-state index contributed by atoms with van der Waals surface area (Å²) in [6, 6.07) is 6.78. The average molecular weight is 323 g/mol. The number of nitrogens with zero attached hydrogens (tertiary/aromatic N) is 3. The van der Waals surface area contributed by atoms with Crippen molar-refractivity contribution >= 4 is 27.4 Å². The van der Waals surface area contributed by atoms with E-state index in [-0.39, 0.29) is 17.5 Å². The fraction of sp³-hybridized carbons (Fsp3) is 0.167. The Hall–Kier alpha value is -2.02. The maximum atomic E-state index is 11.0. The summed E-state index contributed by atoms with van der Waals surface area (Å²) in [5.41, 5.74) is 0.721. The SMILES string of the molecule is CC(Nc1ncc(Br)cc1[N+](=O)[O-])c1ccccn1. The summed E-state index contributed by atoms with van der Waals surface area (Å²) in [7, 11) is 0. The smallest absolute Gasteiger partial charge is 0.312 e. The van der Waals surface area contributed by atoms with E-state index >= 15 is 0 Å². The van der Waals surface area contributed by atoms with Gasteiger partial charge in [-0.05, 0) is 35.0 Å². The number of hydrogen-bond acceptors (Lipinski definition) is 5. The van der Waals surface area contributed by atoms with Gasteiger partial charge >= 0.3 is 5.69 Å². The molecule has 2 aromatic heterocycles. The summed E-state index contributed by atoms with van der Waals surface area (Å²) < 4.78 is 0.565. The highest BCUT2D eigenvalue weighted by Gasteiger charge is 2.18. The van der Waals surface area contributed by atoms with Gasteiger partial charge in [0.25, 0.3) is 0 Å². The highest BCUT2D eigenvalue weighted by Crippen LogP contribution is 2.27. The van der Waals surface area contributed by atoms with Gasteiger partial charge in [0.2, 0.25) is 5.82 Å². The van der Waals surface area contributed by atoms with Crippen LogP contribution in [0.1, 0.15) is 18.7 Å². The van der Waals surface area contributed by atoms with E-state index in [1.807, 2.05) is 25.1 Å². The van der Waals surface area contributed by atoms with Gasteiger partial charge in [0.1, 0.15) is 0 Å². The molecule has 19 heavy (non-hydrogen) atoms. The Morgan fingerprint density at radius 1 is 1.42 bits per heavy atom. The number of hydrogen-bond donors (Lipinski definition) is 1. The van der Waals surface area contributed by atoms with E-state index in [0.717, 1.165) is 5.69 Å². The molecule has 0 spiro atoms. The van der Waals surface area contributed by atoms with Gasteiger partial charge in [-0.15, -0.1) is 0 Å². The normalized spacial score (nSPS) is 11.9. The molecule has 1 atom stereocenters. The highest BCUT2D eigenvalue weighted by molar-refractivity contribution is 9.10. The first-order valence-electron chi connectivity index (χ1n) is 5.55. The predicted octanol–water partition coefficient (Wildman–Crippen LogP) is 3.32. The van der Waals surface area contributed by atoms with Gasteiger partial charge in [-0.2, -0.15) is 0 Å². The largest absolute Gasteiger partial charge is 0.356 e. The summed E-state index contributed by atoms with van der Waals surface area (Å²) in [4.78, 5) is 18.7. The van der Waals surface area contributed by atoms with Gasteiger partial charge in [0.15, 0.2) is 0 Å². The van der Waals surface area contributed by atoms with Crippen molar-refractivity contribution in [1.29, 1.82) is 0 Å². The van der Waals surface area contributed by atoms with Crippen LogP contribution in [0.25, 0.3) is 0 Å². The molecule has 0 fully saturated rings. The summed E-state index contributed by atoms with van der Waals surface area (Å²) in [5.74, 6) is 0.228. The van der Waals surface area contributed by atoms with E-state index in [0.29, 0.717) is 4.47 Å². The van der Waals surface area contributed by atoms with Crippen LogP contribution in [0, 0.1) is 10.1 Å². The minimum Gasteiger partial charge on any atom is -0.356 e. The molecule has 6 nitrogen and oxygen atoms in total. The Balaban J connectivity index is 2.26. The highest BCUT2D eigenvalue weighted by atomic mass is 79.9. The maximum absolute atomic E-state index is 11.0. The van der Waals surface area contributed by atoms with Crippen LogP contribution >= 0.6 is 15.9 Å². The van der Waals surface area contributed by atoms with Crippen molar-refractivity contribution in [3.05, 3.63) is 56.9 Å². The van der Waals surface area contributed by atoms with E-state index in [2.05, 4.69) is 31.2 Å². The zero-order chi connectivity index (χ0) is 13.8. The molecule has 1 N–H and O–H groups in total. The molecule has 1 unspecified atom stereocenters. The average Bonchev–Trinajstić information content (AvgIpc) is 2.41. The molecule has 2 aromatic rings. The maximum Gasteiger partial charge on any atom is 0.312 e. The molecule has 0 aliphatic rings. The minimum atomic E-state index is -0.467. The number of anilines is 1. The monoisotopic (exact) mass is 322 g/mol. The lowest BCUT2D eigenvalue weighted by Gasteiger charge is -2.13. The second-order valence-corrected chi connectivity index (χ2v) is 4.81. The molecular formula is C12H11BrN4O2. The van der Waals surface area contributed by atoms with Gasteiger partial charge in [0, 0.05) is 22.9 Å². The summed E-state index contributed by atoms with van der Waals surface area (Å²) in [6.07, 6.45) is 3.19. The van der Waals surface area contributed by atoms with E-state index in [4.69, 9.17) is 0 Å². The molecule has 98 valence electrons. The predicted molar refractivity (Wildman–Crippen MR) is 74.9 cm³/mol. The van der Waals surface area contributed by atoms with Crippen LogP contribution < -0.4 is 5.32 Å². The zero-order valence-corrected chi connectivity index (χ0v) is 11.7. The third-order valence-electron chi connectivity index (χ3n) is 2.52. The Morgan fingerprint density at radius 2 is 2.21 bits per heavy atom. The van der Waals surface area contributed by atoms with Gasteiger partial charge in [-0.1, -0.05) is 6.07 Å². The van der Waals surface area contributed by atoms with E-state index in [1.54, 1.807) is 6.20 Å². The molecule has 0 aliphatic carbocycles. The third-order valence-corrected chi connectivity index (χ3v) is 2.95. The van der Waals surface area contributed by atoms with Crippen LogP contribution in [0.5, 0.6) is 0 Å². The Kier molecular flexibility index (Phi) is 4.06. The van der Waals surface area contributed by atoms with Crippen LogP contribution in [0.3, 0.4) is 0 Å². The van der Waals surface area contributed by atoms with Crippen molar-refractivity contribution in [3.63, 3.8) is 0 Å². The summed E-state index contributed by atoms with van der Waals surface area (Å²) >= 11 is 3.17. The van der Waals surface area contributed by atoms with Crippen molar-refractivity contribution < 1.29 is 4.92 Å². The third kappa shape index (κ3) is 3.25. The molecule has 0 saturated carbocycles. The molecular weight excluding hydrogens is 312 g/mol. The molecule has 0 aliphatic heterocycles. The van der Waals surface area contributed by atoms with Crippen molar-refractivity contribution in [2.24, 2.45) is 0 Å². The fourth-order valence-corrected chi connectivity index (χ4v) is 1.91. The van der Waals surface area contributed by atoms with Crippen molar-refractivity contribution in [3.8, 4) is 0 Å². The molecule has 0 aromatic carbocycles. The van der Waals surface area contributed by atoms with E-state index < -0.39 is 4.92 Å². The van der Waals surface area contributed by atoms with Crippen molar-refractivity contribution in [1.82, 2.24) is 9.97 Å². The first kappa shape index (κ1) is 13.4. The van der Waals surface area contributed by atoms with Crippen molar-refractivity contribution in [2.45, 2.75) is 13.0 Å². The van der Waals surface area contributed by atoms with Crippen LogP contribution in [0.15, 0.2) is 41.1 Å². The van der Waals surface area contributed by atoms with Crippen LogP contribution in [0.2, 0.25) is 0 Å². The molecule has 7 heteroatoms. The molecule has 0 saturated heterocycles. The molecule has 2 rings (SSSR count). The topological polar surface area (TPSA) is 81.0 Å². The van der Waals surface area contributed by atoms with Gasteiger partial charge in [0.05, 0.1) is 16.7 Å². The lowest BCUT2D eigenvalue weighted by Crippen LogP contribution is -2.11. The van der Waals surface area contributed by atoms with Crippen LogP contribution in [-0.2, 0) is 0 Å². The standard InChI is InChI=1S/C12H11BrN4O2/c1-8(10-4-2-3-5-14-10)16-12-11(17(18)19)6-9(13)7-15-12/h2-8H,1H3,(H,15,16). The zero-order valence-electron chi connectivity index (χ0n) is 10.1. The fourth-order valence-electron chi connectivity index (χ4n) is 1.59. The molecule has 2 heterocycles. The second kappa shape index (κ2) is 5.75. The Bertz CT molecular complexity index is 592. The number of halogens is 1. The van der Waals surface area contributed by atoms with E-state index in [9.17, 15) is 10.1 Å². The van der Waals surface area contributed by atoms with Gasteiger partial charge in [-0.25, -0.2) is 4.98 Å². The summed E-state index contributed by atoms with van der Waals surface area (Å²) in [5, 5.41) is 14.0.